The van der Waals surface area contributed by atoms with Crippen LogP contribution < -0.4 is 10.1 Å². The lowest BCUT2D eigenvalue weighted by Crippen LogP contribution is -2.25. The van der Waals surface area contributed by atoms with Crippen LogP contribution in [-0.2, 0) is 6.42 Å². The fourth-order valence-electron chi connectivity index (χ4n) is 1.87. The third-order valence-electron chi connectivity index (χ3n) is 3.07. The van der Waals surface area contributed by atoms with E-state index in [2.05, 4.69) is 31.3 Å². The van der Waals surface area contributed by atoms with Gasteiger partial charge < -0.3 is 10.1 Å². The van der Waals surface area contributed by atoms with E-state index in [4.69, 9.17) is 4.74 Å². The van der Waals surface area contributed by atoms with Gasteiger partial charge in [-0.3, -0.25) is 0 Å². The minimum Gasteiger partial charge on any atom is -0.497 e. The standard InChI is InChI=1S/C14H23NO/c1-11(2)13(10-15-3)9-12-5-7-14(16-4)8-6-12/h5-8,11,13,15H,9-10H2,1-4H3. The van der Waals surface area contributed by atoms with Gasteiger partial charge in [0.05, 0.1) is 7.11 Å². The average molecular weight is 221 g/mol. The lowest BCUT2D eigenvalue weighted by molar-refractivity contribution is 0.370. The molecule has 0 bridgehead atoms. The highest BCUT2D eigenvalue weighted by Gasteiger charge is 2.12. The largest absolute Gasteiger partial charge is 0.497 e. The number of hydrogen-bond donors (Lipinski definition) is 1. The van der Waals surface area contributed by atoms with E-state index >= 15 is 0 Å². The zero-order chi connectivity index (χ0) is 12.0. The molecule has 2 nitrogen and oxygen atoms in total. The van der Waals surface area contributed by atoms with Crippen molar-refractivity contribution in [3.63, 3.8) is 0 Å². The number of nitrogens with one attached hydrogen (secondary N) is 1. The molecular formula is C14H23NO. The molecule has 0 amide bonds. The van der Waals surface area contributed by atoms with E-state index in [0.717, 1.165) is 18.7 Å². The summed E-state index contributed by atoms with van der Waals surface area (Å²) >= 11 is 0. The maximum atomic E-state index is 5.16. The smallest absolute Gasteiger partial charge is 0.118 e. The van der Waals surface area contributed by atoms with Crippen molar-refractivity contribution in [2.75, 3.05) is 20.7 Å². The Morgan fingerprint density at radius 3 is 2.25 bits per heavy atom. The molecule has 0 aliphatic carbocycles. The van der Waals surface area contributed by atoms with Gasteiger partial charge in [0.15, 0.2) is 0 Å². The Bertz CT molecular complexity index is 292. The molecule has 1 unspecified atom stereocenters. The van der Waals surface area contributed by atoms with Gasteiger partial charge in [0, 0.05) is 0 Å². The Labute approximate surface area is 99.0 Å². The highest BCUT2D eigenvalue weighted by molar-refractivity contribution is 5.27. The van der Waals surface area contributed by atoms with Gasteiger partial charge in [-0.15, -0.1) is 0 Å². The first-order valence-corrected chi connectivity index (χ1v) is 5.95. The van der Waals surface area contributed by atoms with Gasteiger partial charge in [0.1, 0.15) is 5.75 Å². The van der Waals surface area contributed by atoms with Gasteiger partial charge in [-0.05, 0) is 49.5 Å². The first-order valence-electron chi connectivity index (χ1n) is 5.95. The second-order valence-electron chi connectivity index (χ2n) is 4.61. The summed E-state index contributed by atoms with van der Waals surface area (Å²) in [6, 6.07) is 8.38. The molecule has 2 heteroatoms. The van der Waals surface area contributed by atoms with Crippen LogP contribution >= 0.6 is 0 Å². The first-order chi connectivity index (χ1) is 7.67. The summed E-state index contributed by atoms with van der Waals surface area (Å²) in [5.74, 6) is 2.33. The van der Waals surface area contributed by atoms with Crippen LogP contribution in [0.1, 0.15) is 19.4 Å². The van der Waals surface area contributed by atoms with E-state index in [1.807, 2.05) is 19.2 Å². The highest BCUT2D eigenvalue weighted by atomic mass is 16.5. The second kappa shape index (κ2) is 6.54. The predicted molar refractivity (Wildman–Crippen MR) is 69.0 cm³/mol. The molecule has 1 aromatic carbocycles. The van der Waals surface area contributed by atoms with Crippen LogP contribution in [0, 0.1) is 11.8 Å². The van der Waals surface area contributed by atoms with Crippen molar-refractivity contribution in [1.29, 1.82) is 0 Å². The van der Waals surface area contributed by atoms with Gasteiger partial charge in [0.25, 0.3) is 0 Å². The molecule has 16 heavy (non-hydrogen) atoms. The fourth-order valence-corrected chi connectivity index (χ4v) is 1.87. The Morgan fingerprint density at radius 2 is 1.81 bits per heavy atom. The van der Waals surface area contributed by atoms with Crippen molar-refractivity contribution in [3.05, 3.63) is 29.8 Å². The van der Waals surface area contributed by atoms with Crippen LogP contribution in [0.2, 0.25) is 0 Å². The van der Waals surface area contributed by atoms with Crippen LogP contribution in [0.4, 0.5) is 0 Å². The topological polar surface area (TPSA) is 21.3 Å². The summed E-state index contributed by atoms with van der Waals surface area (Å²) in [6.07, 6.45) is 1.13. The van der Waals surface area contributed by atoms with E-state index in [9.17, 15) is 0 Å². The molecule has 90 valence electrons. The van der Waals surface area contributed by atoms with Crippen molar-refractivity contribution in [3.8, 4) is 5.75 Å². The van der Waals surface area contributed by atoms with Crippen molar-refractivity contribution < 1.29 is 4.74 Å². The maximum absolute atomic E-state index is 5.16. The van der Waals surface area contributed by atoms with E-state index in [1.54, 1.807) is 7.11 Å². The zero-order valence-electron chi connectivity index (χ0n) is 10.8. The second-order valence-corrected chi connectivity index (χ2v) is 4.61. The third-order valence-corrected chi connectivity index (χ3v) is 3.07. The quantitative estimate of drug-likeness (QED) is 0.797. The summed E-state index contributed by atoms with van der Waals surface area (Å²) < 4.78 is 5.16. The molecule has 0 saturated heterocycles. The monoisotopic (exact) mass is 221 g/mol. The van der Waals surface area contributed by atoms with Crippen molar-refractivity contribution in [2.45, 2.75) is 20.3 Å². The van der Waals surface area contributed by atoms with E-state index < -0.39 is 0 Å². The molecule has 0 saturated carbocycles. The molecule has 1 atom stereocenters. The molecule has 0 fully saturated rings. The molecule has 0 aliphatic heterocycles. The van der Waals surface area contributed by atoms with Crippen LogP contribution in [0.3, 0.4) is 0 Å². The SMILES string of the molecule is CNCC(Cc1ccc(OC)cc1)C(C)C. The summed E-state index contributed by atoms with van der Waals surface area (Å²) in [5.41, 5.74) is 1.38. The number of methoxy groups -OCH3 is 1. The van der Waals surface area contributed by atoms with Crippen LogP contribution in [0.15, 0.2) is 24.3 Å². The number of hydrogen-bond acceptors (Lipinski definition) is 2. The van der Waals surface area contributed by atoms with Crippen molar-refractivity contribution in [2.24, 2.45) is 11.8 Å². The molecule has 0 spiro atoms. The summed E-state index contributed by atoms with van der Waals surface area (Å²) in [5, 5.41) is 3.27. The van der Waals surface area contributed by atoms with Gasteiger partial charge in [-0.1, -0.05) is 26.0 Å². The van der Waals surface area contributed by atoms with Crippen molar-refractivity contribution >= 4 is 0 Å². The third kappa shape index (κ3) is 3.86. The van der Waals surface area contributed by atoms with Gasteiger partial charge in [-0.2, -0.15) is 0 Å². The minimum absolute atomic E-state index is 0.693. The number of rotatable bonds is 6. The lowest BCUT2D eigenvalue weighted by atomic mass is 9.89. The zero-order valence-corrected chi connectivity index (χ0v) is 10.8. The van der Waals surface area contributed by atoms with E-state index in [0.29, 0.717) is 11.8 Å². The molecule has 0 aromatic heterocycles. The molecule has 0 heterocycles. The van der Waals surface area contributed by atoms with E-state index in [-0.39, 0.29) is 0 Å². The fraction of sp³-hybridized carbons (Fsp3) is 0.571. The average Bonchev–Trinajstić information content (AvgIpc) is 2.29. The minimum atomic E-state index is 0.693. The molecule has 1 rings (SSSR count). The molecular weight excluding hydrogens is 198 g/mol. The summed E-state index contributed by atoms with van der Waals surface area (Å²) in [4.78, 5) is 0. The number of benzene rings is 1. The molecule has 0 aliphatic rings. The van der Waals surface area contributed by atoms with Crippen LogP contribution in [0.25, 0.3) is 0 Å². The Kier molecular flexibility index (Phi) is 5.33. The van der Waals surface area contributed by atoms with Crippen LogP contribution in [-0.4, -0.2) is 20.7 Å². The molecule has 0 radical (unpaired) electrons. The van der Waals surface area contributed by atoms with Gasteiger partial charge in [0.2, 0.25) is 0 Å². The van der Waals surface area contributed by atoms with Crippen LogP contribution in [0.5, 0.6) is 5.75 Å². The molecule has 1 N–H and O–H groups in total. The van der Waals surface area contributed by atoms with Gasteiger partial charge >= 0.3 is 0 Å². The molecule has 1 aromatic rings. The Morgan fingerprint density at radius 1 is 1.19 bits per heavy atom. The predicted octanol–water partition coefficient (Wildman–Crippen LogP) is 2.73. The van der Waals surface area contributed by atoms with Gasteiger partial charge in [-0.25, -0.2) is 0 Å². The summed E-state index contributed by atoms with van der Waals surface area (Å²) in [7, 11) is 3.72. The van der Waals surface area contributed by atoms with Crippen molar-refractivity contribution in [1.82, 2.24) is 5.32 Å². The maximum Gasteiger partial charge on any atom is 0.118 e. The number of ether oxygens (including phenoxy) is 1. The lowest BCUT2D eigenvalue weighted by Gasteiger charge is -2.20. The van der Waals surface area contributed by atoms with E-state index in [1.165, 1.54) is 5.56 Å². The summed E-state index contributed by atoms with van der Waals surface area (Å²) in [6.45, 7) is 5.64. The Balaban J connectivity index is 2.62. The Hall–Kier alpha value is -1.02. The normalized spacial score (nSPS) is 12.8. The highest BCUT2D eigenvalue weighted by Crippen LogP contribution is 2.19. The first kappa shape index (κ1) is 13.0.